The maximum absolute atomic E-state index is 12.5. The lowest BCUT2D eigenvalue weighted by molar-refractivity contribution is -0.126. The van der Waals surface area contributed by atoms with Crippen molar-refractivity contribution in [3.63, 3.8) is 0 Å². The Morgan fingerprint density at radius 1 is 1.38 bits per heavy atom. The highest BCUT2D eigenvalue weighted by molar-refractivity contribution is 5.96. The Morgan fingerprint density at radius 3 is 2.86 bits per heavy atom. The molecule has 2 amide bonds. The largest absolute Gasteiger partial charge is 0.352 e. The third-order valence-electron chi connectivity index (χ3n) is 3.62. The quantitative estimate of drug-likeness (QED) is 0.626. The van der Waals surface area contributed by atoms with Crippen molar-refractivity contribution in [2.45, 2.75) is 24.9 Å². The van der Waals surface area contributed by atoms with Gasteiger partial charge in [0.05, 0.1) is 6.20 Å². The second-order valence-corrected chi connectivity index (χ2v) is 5.30. The molecule has 112 valence electrons. The molecule has 2 fully saturated rings. The van der Waals surface area contributed by atoms with Gasteiger partial charge in [0, 0.05) is 31.9 Å². The lowest BCUT2D eigenvalue weighted by Crippen LogP contribution is -2.60. The molecule has 2 heterocycles. The van der Waals surface area contributed by atoms with Crippen LogP contribution in [0.25, 0.3) is 0 Å². The van der Waals surface area contributed by atoms with E-state index >= 15 is 0 Å². The molecular weight excluding hydrogens is 274 g/mol. The molecule has 1 unspecified atom stereocenters. The monoisotopic (exact) mass is 291 g/mol. The average Bonchev–Trinajstić information content (AvgIpc) is 3.31. The van der Waals surface area contributed by atoms with Crippen LogP contribution in [0.1, 0.15) is 23.3 Å². The van der Waals surface area contributed by atoms with Gasteiger partial charge in [-0.15, -0.1) is 0 Å². The van der Waals surface area contributed by atoms with Gasteiger partial charge in [-0.1, -0.05) is 0 Å². The Bertz CT molecular complexity index is 590. The lowest BCUT2D eigenvalue weighted by atomic mass is 10.1. The van der Waals surface area contributed by atoms with Crippen LogP contribution in [0, 0.1) is 0 Å². The molecule has 0 radical (unpaired) electrons. The van der Waals surface area contributed by atoms with Crippen LogP contribution in [-0.4, -0.2) is 58.4 Å². The molecule has 0 aromatic carbocycles. The van der Waals surface area contributed by atoms with Crippen LogP contribution >= 0.6 is 0 Å². The fraction of sp³-hybridized carbons (Fsp3) is 0.538. The summed E-state index contributed by atoms with van der Waals surface area (Å²) in [6, 6.07) is -0.289. The molecule has 0 spiro atoms. The van der Waals surface area contributed by atoms with Gasteiger partial charge >= 0.3 is 0 Å². The molecule has 8 heteroatoms. The maximum Gasteiger partial charge on any atom is 0.274 e. The Balaban J connectivity index is 1.76. The Labute approximate surface area is 120 Å². The predicted molar refractivity (Wildman–Crippen MR) is 73.7 cm³/mol. The third kappa shape index (κ3) is 3.10. The number of hydrogen-bond acceptors (Lipinski definition) is 5. The summed E-state index contributed by atoms with van der Waals surface area (Å²) in [6.07, 6.45) is 4.35. The topological polar surface area (TPSA) is 107 Å². The van der Waals surface area contributed by atoms with Crippen molar-refractivity contribution < 1.29 is 9.59 Å². The van der Waals surface area contributed by atoms with Crippen molar-refractivity contribution in [2.75, 3.05) is 19.6 Å². The highest BCUT2D eigenvalue weighted by Gasteiger charge is 2.35. The zero-order valence-electron chi connectivity index (χ0n) is 11.5. The minimum absolute atomic E-state index is 0.137. The standard InChI is InChI=1S/C13H17N5O3/c19-11-7-15-9(5-16-11)13(21)18-4-3-14-6-10(18)12(20)17-8-1-2-8/h5,7-8,10,14H,1-4,6H2,(H,16,19)(H,17,20). The summed E-state index contributed by atoms with van der Waals surface area (Å²) in [5.41, 5.74) is -0.226. The Hall–Kier alpha value is -2.22. The average molecular weight is 291 g/mol. The highest BCUT2D eigenvalue weighted by atomic mass is 16.2. The second-order valence-electron chi connectivity index (χ2n) is 5.30. The number of nitrogens with zero attached hydrogens (tertiary/aromatic N) is 2. The number of nitrogens with one attached hydrogen (secondary N) is 3. The van der Waals surface area contributed by atoms with E-state index in [1.54, 1.807) is 0 Å². The molecule has 1 saturated heterocycles. The minimum Gasteiger partial charge on any atom is -0.352 e. The number of carbonyl (C=O) groups is 2. The van der Waals surface area contributed by atoms with E-state index < -0.39 is 6.04 Å². The van der Waals surface area contributed by atoms with Gasteiger partial charge in [0.15, 0.2) is 0 Å². The first-order valence-electron chi connectivity index (χ1n) is 7.02. The van der Waals surface area contributed by atoms with Crippen LogP contribution in [0.15, 0.2) is 17.2 Å². The van der Waals surface area contributed by atoms with Crippen molar-refractivity contribution in [3.8, 4) is 0 Å². The number of amides is 2. The molecule has 1 aromatic heterocycles. The van der Waals surface area contributed by atoms with Gasteiger partial charge in [0.2, 0.25) is 5.91 Å². The van der Waals surface area contributed by atoms with E-state index in [4.69, 9.17) is 0 Å². The number of aromatic nitrogens is 2. The molecule has 3 N–H and O–H groups in total. The summed E-state index contributed by atoms with van der Waals surface area (Å²) in [6.45, 7) is 1.48. The molecule has 1 aromatic rings. The van der Waals surface area contributed by atoms with E-state index in [2.05, 4.69) is 20.6 Å². The molecule has 1 atom stereocenters. The van der Waals surface area contributed by atoms with Crippen molar-refractivity contribution in [3.05, 3.63) is 28.4 Å². The van der Waals surface area contributed by atoms with Crippen LogP contribution < -0.4 is 16.2 Å². The smallest absolute Gasteiger partial charge is 0.274 e. The van der Waals surface area contributed by atoms with E-state index in [9.17, 15) is 14.4 Å². The van der Waals surface area contributed by atoms with Gasteiger partial charge in [0.25, 0.3) is 11.5 Å². The van der Waals surface area contributed by atoms with Crippen LogP contribution in [0.3, 0.4) is 0 Å². The SMILES string of the molecule is O=C(NC1CC1)C1CNCCN1C(=O)c1c[nH]c(=O)cn1. The van der Waals surface area contributed by atoms with Gasteiger partial charge in [0.1, 0.15) is 11.7 Å². The zero-order valence-corrected chi connectivity index (χ0v) is 11.5. The Morgan fingerprint density at radius 2 is 2.19 bits per heavy atom. The van der Waals surface area contributed by atoms with E-state index in [0.717, 1.165) is 19.0 Å². The number of hydrogen-bond donors (Lipinski definition) is 3. The number of rotatable bonds is 3. The number of piperazine rings is 1. The first kappa shape index (κ1) is 13.7. The van der Waals surface area contributed by atoms with Crippen LogP contribution in [0.5, 0.6) is 0 Å². The van der Waals surface area contributed by atoms with E-state index in [0.29, 0.717) is 19.6 Å². The molecule has 21 heavy (non-hydrogen) atoms. The molecule has 1 aliphatic heterocycles. The second kappa shape index (κ2) is 5.65. The molecule has 8 nitrogen and oxygen atoms in total. The predicted octanol–water partition coefficient (Wildman–Crippen LogP) is -1.54. The Kier molecular flexibility index (Phi) is 3.70. The van der Waals surface area contributed by atoms with Gasteiger partial charge < -0.3 is 20.5 Å². The minimum atomic E-state index is -0.541. The van der Waals surface area contributed by atoms with Gasteiger partial charge in [-0.25, -0.2) is 4.98 Å². The first-order valence-corrected chi connectivity index (χ1v) is 7.02. The van der Waals surface area contributed by atoms with Crippen molar-refractivity contribution in [1.82, 2.24) is 25.5 Å². The first-order chi connectivity index (χ1) is 10.1. The zero-order chi connectivity index (χ0) is 14.8. The molecule has 0 bridgehead atoms. The molecular formula is C13H17N5O3. The normalized spacial score (nSPS) is 21.9. The van der Waals surface area contributed by atoms with Crippen molar-refractivity contribution >= 4 is 11.8 Å². The van der Waals surface area contributed by atoms with E-state index in [-0.39, 0.29) is 29.1 Å². The van der Waals surface area contributed by atoms with E-state index in [1.807, 2.05) is 0 Å². The highest BCUT2D eigenvalue weighted by Crippen LogP contribution is 2.19. The molecule has 3 rings (SSSR count). The third-order valence-corrected chi connectivity index (χ3v) is 3.62. The van der Waals surface area contributed by atoms with Gasteiger partial charge in [-0.3, -0.25) is 14.4 Å². The van der Waals surface area contributed by atoms with Gasteiger partial charge in [-0.2, -0.15) is 0 Å². The molecule has 1 aliphatic carbocycles. The van der Waals surface area contributed by atoms with Crippen LogP contribution in [0.2, 0.25) is 0 Å². The summed E-state index contributed by atoms with van der Waals surface area (Å²) < 4.78 is 0. The summed E-state index contributed by atoms with van der Waals surface area (Å²) in [4.78, 5) is 43.5. The van der Waals surface area contributed by atoms with Crippen LogP contribution in [-0.2, 0) is 4.79 Å². The molecule has 1 saturated carbocycles. The summed E-state index contributed by atoms with van der Waals surface area (Å²) in [5, 5.41) is 6.04. The lowest BCUT2D eigenvalue weighted by Gasteiger charge is -2.34. The number of carbonyl (C=O) groups excluding carboxylic acids is 2. The summed E-state index contributed by atoms with van der Waals surface area (Å²) in [7, 11) is 0. The van der Waals surface area contributed by atoms with E-state index in [1.165, 1.54) is 11.1 Å². The van der Waals surface area contributed by atoms with Crippen LogP contribution in [0.4, 0.5) is 0 Å². The fourth-order valence-electron chi connectivity index (χ4n) is 2.31. The number of H-pyrrole nitrogens is 1. The van der Waals surface area contributed by atoms with Crippen molar-refractivity contribution in [2.24, 2.45) is 0 Å². The molecule has 2 aliphatic rings. The van der Waals surface area contributed by atoms with Gasteiger partial charge in [-0.05, 0) is 12.8 Å². The maximum atomic E-state index is 12.5. The fourth-order valence-corrected chi connectivity index (χ4v) is 2.31. The number of aromatic amines is 1. The van der Waals surface area contributed by atoms with Crippen molar-refractivity contribution in [1.29, 1.82) is 0 Å². The summed E-state index contributed by atoms with van der Waals surface area (Å²) >= 11 is 0. The summed E-state index contributed by atoms with van der Waals surface area (Å²) in [5.74, 6) is -0.480.